The molecular weight excluding hydrogens is 286 g/mol. The molecule has 0 saturated heterocycles. The van der Waals surface area contributed by atoms with E-state index in [1.807, 2.05) is 0 Å². The summed E-state index contributed by atoms with van der Waals surface area (Å²) in [7, 11) is 0. The SMILES string of the molecule is CCCCCC(C)(C)CNc1nnc(Br)s1. The van der Waals surface area contributed by atoms with Crippen LogP contribution in [0.5, 0.6) is 0 Å². The maximum absolute atomic E-state index is 4.03. The zero-order valence-corrected chi connectivity index (χ0v) is 12.6. The predicted octanol–water partition coefficient (Wildman–Crippen LogP) is 4.32. The first-order valence-corrected chi connectivity index (χ1v) is 7.37. The predicted molar refractivity (Wildman–Crippen MR) is 74.0 cm³/mol. The Labute approximate surface area is 110 Å². The maximum Gasteiger partial charge on any atom is 0.206 e. The summed E-state index contributed by atoms with van der Waals surface area (Å²) in [6.07, 6.45) is 5.18. The van der Waals surface area contributed by atoms with Crippen molar-refractivity contribution in [3.63, 3.8) is 0 Å². The quantitative estimate of drug-likeness (QED) is 0.762. The van der Waals surface area contributed by atoms with E-state index in [2.05, 4.69) is 52.2 Å². The van der Waals surface area contributed by atoms with Crippen molar-refractivity contribution in [2.75, 3.05) is 11.9 Å². The van der Waals surface area contributed by atoms with Gasteiger partial charge in [0.1, 0.15) is 0 Å². The first kappa shape index (κ1) is 13.9. The second kappa shape index (κ2) is 6.55. The second-order valence-corrected chi connectivity index (χ2v) is 7.09. The Hall–Kier alpha value is -0.160. The molecule has 0 radical (unpaired) electrons. The van der Waals surface area contributed by atoms with E-state index in [1.54, 1.807) is 11.3 Å². The molecule has 1 rings (SSSR count). The number of rotatable bonds is 7. The van der Waals surface area contributed by atoms with Gasteiger partial charge in [0.05, 0.1) is 0 Å². The average Bonchev–Trinajstić information content (AvgIpc) is 2.62. The average molecular weight is 306 g/mol. The molecule has 1 N–H and O–H groups in total. The van der Waals surface area contributed by atoms with Gasteiger partial charge >= 0.3 is 0 Å². The molecule has 0 aliphatic rings. The Balaban J connectivity index is 2.29. The van der Waals surface area contributed by atoms with Crippen LogP contribution in [0.25, 0.3) is 0 Å². The van der Waals surface area contributed by atoms with Crippen molar-refractivity contribution in [2.24, 2.45) is 5.41 Å². The van der Waals surface area contributed by atoms with Crippen molar-refractivity contribution in [1.82, 2.24) is 10.2 Å². The molecule has 0 spiro atoms. The van der Waals surface area contributed by atoms with Gasteiger partial charge in [-0.05, 0) is 27.8 Å². The number of anilines is 1. The van der Waals surface area contributed by atoms with Gasteiger partial charge in [-0.2, -0.15) is 0 Å². The van der Waals surface area contributed by atoms with Crippen LogP contribution < -0.4 is 5.32 Å². The topological polar surface area (TPSA) is 37.8 Å². The smallest absolute Gasteiger partial charge is 0.206 e. The molecule has 3 nitrogen and oxygen atoms in total. The van der Waals surface area contributed by atoms with Crippen LogP contribution in [0.2, 0.25) is 0 Å². The third kappa shape index (κ3) is 5.25. The summed E-state index contributed by atoms with van der Waals surface area (Å²) < 4.78 is 0.832. The number of halogens is 1. The summed E-state index contributed by atoms with van der Waals surface area (Å²) in [5, 5.41) is 12.2. The van der Waals surface area contributed by atoms with Gasteiger partial charge in [-0.25, -0.2) is 0 Å². The van der Waals surface area contributed by atoms with E-state index >= 15 is 0 Å². The second-order valence-electron chi connectivity index (χ2n) is 4.84. The van der Waals surface area contributed by atoms with Crippen LogP contribution in [0, 0.1) is 5.41 Å². The van der Waals surface area contributed by atoms with Crippen molar-refractivity contribution in [3.8, 4) is 0 Å². The van der Waals surface area contributed by atoms with Gasteiger partial charge in [-0.15, -0.1) is 10.2 Å². The molecule has 5 heteroatoms. The Morgan fingerprint density at radius 3 is 2.62 bits per heavy atom. The zero-order chi connectivity index (χ0) is 12.0. The van der Waals surface area contributed by atoms with Crippen molar-refractivity contribution < 1.29 is 0 Å². The van der Waals surface area contributed by atoms with Gasteiger partial charge < -0.3 is 5.32 Å². The third-order valence-corrected chi connectivity index (χ3v) is 3.89. The number of nitrogens with zero attached hydrogens (tertiary/aromatic N) is 2. The van der Waals surface area contributed by atoms with E-state index in [9.17, 15) is 0 Å². The molecule has 1 heterocycles. The molecule has 0 unspecified atom stereocenters. The Kier molecular flexibility index (Phi) is 5.69. The van der Waals surface area contributed by atoms with Gasteiger partial charge in [0, 0.05) is 6.54 Å². The lowest BCUT2D eigenvalue weighted by atomic mass is 9.87. The van der Waals surface area contributed by atoms with Gasteiger partial charge in [0.15, 0.2) is 3.92 Å². The summed E-state index contributed by atoms with van der Waals surface area (Å²) in [5.41, 5.74) is 0.327. The lowest BCUT2D eigenvalue weighted by molar-refractivity contribution is 0.342. The van der Waals surface area contributed by atoms with Crippen LogP contribution in [-0.2, 0) is 0 Å². The van der Waals surface area contributed by atoms with E-state index in [-0.39, 0.29) is 0 Å². The summed E-state index contributed by atoms with van der Waals surface area (Å²) in [6.45, 7) is 7.79. The van der Waals surface area contributed by atoms with Crippen LogP contribution in [0.4, 0.5) is 5.13 Å². The zero-order valence-electron chi connectivity index (χ0n) is 10.2. The van der Waals surface area contributed by atoms with Crippen LogP contribution >= 0.6 is 27.3 Å². The van der Waals surface area contributed by atoms with E-state index in [1.165, 1.54) is 25.7 Å². The largest absolute Gasteiger partial charge is 0.360 e. The molecule has 0 aliphatic carbocycles. The highest BCUT2D eigenvalue weighted by molar-refractivity contribution is 9.11. The number of hydrogen-bond acceptors (Lipinski definition) is 4. The third-order valence-electron chi connectivity index (χ3n) is 2.58. The first-order valence-electron chi connectivity index (χ1n) is 5.76. The molecule has 1 aromatic heterocycles. The summed E-state index contributed by atoms with van der Waals surface area (Å²) in [6, 6.07) is 0. The van der Waals surface area contributed by atoms with Gasteiger partial charge in [-0.1, -0.05) is 51.4 Å². The minimum Gasteiger partial charge on any atom is -0.360 e. The summed E-state index contributed by atoms with van der Waals surface area (Å²) in [5.74, 6) is 0. The van der Waals surface area contributed by atoms with Crippen molar-refractivity contribution in [1.29, 1.82) is 0 Å². The highest BCUT2D eigenvalue weighted by atomic mass is 79.9. The van der Waals surface area contributed by atoms with E-state index in [4.69, 9.17) is 0 Å². The standard InChI is InChI=1S/C11H20BrN3S/c1-4-5-6-7-11(2,3)8-13-10-15-14-9(12)16-10/h4-8H2,1-3H3,(H,13,15). The molecule has 0 aliphatic heterocycles. The van der Waals surface area contributed by atoms with E-state index in [0.29, 0.717) is 5.41 Å². The first-order chi connectivity index (χ1) is 7.53. The molecule has 16 heavy (non-hydrogen) atoms. The van der Waals surface area contributed by atoms with Crippen molar-refractivity contribution >= 4 is 32.4 Å². The summed E-state index contributed by atoms with van der Waals surface area (Å²) >= 11 is 4.85. The normalized spacial score (nSPS) is 11.8. The number of hydrogen-bond donors (Lipinski definition) is 1. The molecule has 0 amide bonds. The molecule has 0 aromatic carbocycles. The molecule has 92 valence electrons. The Morgan fingerprint density at radius 1 is 1.31 bits per heavy atom. The van der Waals surface area contributed by atoms with Crippen LogP contribution in [0.15, 0.2) is 3.92 Å². The highest BCUT2D eigenvalue weighted by Crippen LogP contribution is 2.26. The summed E-state index contributed by atoms with van der Waals surface area (Å²) in [4.78, 5) is 0. The molecule has 0 atom stereocenters. The van der Waals surface area contributed by atoms with Gasteiger partial charge in [0.2, 0.25) is 5.13 Å². The minimum absolute atomic E-state index is 0.327. The van der Waals surface area contributed by atoms with Crippen LogP contribution in [0.3, 0.4) is 0 Å². The number of nitrogens with one attached hydrogen (secondary N) is 1. The molecule has 1 aromatic rings. The Bertz CT molecular complexity index is 312. The fourth-order valence-electron chi connectivity index (χ4n) is 1.53. The van der Waals surface area contributed by atoms with Crippen LogP contribution in [-0.4, -0.2) is 16.7 Å². The molecule has 0 fully saturated rings. The molecular formula is C11H20BrN3S. The van der Waals surface area contributed by atoms with E-state index in [0.717, 1.165) is 15.6 Å². The van der Waals surface area contributed by atoms with Gasteiger partial charge in [-0.3, -0.25) is 0 Å². The van der Waals surface area contributed by atoms with Crippen LogP contribution in [0.1, 0.15) is 46.5 Å². The maximum atomic E-state index is 4.03. The highest BCUT2D eigenvalue weighted by Gasteiger charge is 2.17. The van der Waals surface area contributed by atoms with Gasteiger partial charge in [0.25, 0.3) is 0 Å². The minimum atomic E-state index is 0.327. The monoisotopic (exact) mass is 305 g/mol. The fraction of sp³-hybridized carbons (Fsp3) is 0.818. The molecule has 0 bridgehead atoms. The van der Waals surface area contributed by atoms with Crippen molar-refractivity contribution in [2.45, 2.75) is 46.5 Å². The van der Waals surface area contributed by atoms with Crippen molar-refractivity contribution in [3.05, 3.63) is 3.92 Å². The number of unbranched alkanes of at least 4 members (excludes halogenated alkanes) is 2. The number of aromatic nitrogens is 2. The Morgan fingerprint density at radius 2 is 2.06 bits per heavy atom. The lowest BCUT2D eigenvalue weighted by Gasteiger charge is -2.24. The lowest BCUT2D eigenvalue weighted by Crippen LogP contribution is -2.23. The molecule has 0 saturated carbocycles. The fourth-order valence-corrected chi connectivity index (χ4v) is 2.54. The van der Waals surface area contributed by atoms with E-state index < -0.39 is 0 Å².